The Morgan fingerprint density at radius 3 is 2.94 bits per heavy atom. The van der Waals surface area contributed by atoms with Crippen molar-refractivity contribution in [1.29, 1.82) is 0 Å². The molecule has 0 amide bonds. The third-order valence-electron chi connectivity index (χ3n) is 3.02. The molecule has 0 spiro atoms. The summed E-state index contributed by atoms with van der Waals surface area (Å²) in [7, 11) is 2.23. The molecule has 3 nitrogen and oxygen atoms in total. The Morgan fingerprint density at radius 1 is 1.50 bits per heavy atom. The number of nitrogens with one attached hydrogen (secondary N) is 1. The van der Waals surface area contributed by atoms with Crippen LogP contribution in [0.1, 0.15) is 20.3 Å². The van der Waals surface area contributed by atoms with Crippen molar-refractivity contribution in [3.05, 3.63) is 0 Å². The number of thioether (sulfide) groups is 1. The average Bonchev–Trinajstić information content (AvgIpc) is 2.29. The largest absolute Gasteiger partial charge is 0.380 e. The van der Waals surface area contributed by atoms with Gasteiger partial charge in [0.1, 0.15) is 0 Å². The van der Waals surface area contributed by atoms with E-state index in [1.807, 2.05) is 0 Å². The number of hydrogen-bond donors (Lipinski definition) is 1. The first kappa shape index (κ1) is 14.3. The van der Waals surface area contributed by atoms with Crippen LogP contribution in [0.3, 0.4) is 0 Å². The molecule has 1 saturated heterocycles. The maximum absolute atomic E-state index is 5.70. The Hall–Kier alpha value is 0.230. The van der Waals surface area contributed by atoms with E-state index < -0.39 is 0 Å². The molecular formula is C12H26N2OS. The lowest BCUT2D eigenvalue weighted by atomic mass is 10.1. The second-order valence-electron chi connectivity index (χ2n) is 4.36. The summed E-state index contributed by atoms with van der Waals surface area (Å²) in [4.78, 5) is 2.47. The van der Waals surface area contributed by atoms with Gasteiger partial charge in [-0.25, -0.2) is 0 Å². The van der Waals surface area contributed by atoms with Crippen LogP contribution >= 0.6 is 11.8 Å². The Balaban J connectivity index is 2.39. The maximum atomic E-state index is 5.70. The van der Waals surface area contributed by atoms with Crippen molar-refractivity contribution in [1.82, 2.24) is 10.2 Å². The van der Waals surface area contributed by atoms with Gasteiger partial charge in [-0.2, -0.15) is 11.8 Å². The normalized spacial score (nSPS) is 24.6. The third-order valence-corrected chi connectivity index (χ3v) is 4.07. The van der Waals surface area contributed by atoms with Crippen LogP contribution in [-0.4, -0.2) is 61.8 Å². The topological polar surface area (TPSA) is 24.5 Å². The molecule has 0 aromatic heterocycles. The summed E-state index contributed by atoms with van der Waals surface area (Å²) in [5.74, 6) is 2.49. The molecule has 16 heavy (non-hydrogen) atoms. The number of rotatable bonds is 7. The minimum atomic E-state index is 0.481. The summed E-state index contributed by atoms with van der Waals surface area (Å²) in [6.45, 7) is 8.27. The number of nitrogens with zero attached hydrogens (tertiary/aromatic N) is 1. The molecule has 1 rings (SSSR count). The average molecular weight is 246 g/mol. The van der Waals surface area contributed by atoms with Gasteiger partial charge in [0, 0.05) is 36.7 Å². The number of ether oxygens (including phenoxy) is 1. The predicted molar refractivity (Wildman–Crippen MR) is 72.3 cm³/mol. The molecule has 0 aliphatic carbocycles. The SMILES string of the molecule is CCCOCC(NCC)C1CSCCN1C. The van der Waals surface area contributed by atoms with Gasteiger partial charge in [0.2, 0.25) is 0 Å². The molecule has 0 aromatic rings. The first-order chi connectivity index (χ1) is 7.79. The third kappa shape index (κ3) is 4.62. The monoisotopic (exact) mass is 246 g/mol. The van der Waals surface area contributed by atoms with Gasteiger partial charge in [-0.15, -0.1) is 0 Å². The summed E-state index contributed by atoms with van der Waals surface area (Å²) in [5.41, 5.74) is 0. The lowest BCUT2D eigenvalue weighted by molar-refractivity contribution is 0.0814. The molecule has 0 aromatic carbocycles. The highest BCUT2D eigenvalue weighted by molar-refractivity contribution is 7.99. The molecule has 1 aliphatic rings. The van der Waals surface area contributed by atoms with Crippen LogP contribution in [0, 0.1) is 0 Å². The molecule has 0 bridgehead atoms. The van der Waals surface area contributed by atoms with Gasteiger partial charge in [-0.1, -0.05) is 13.8 Å². The fourth-order valence-corrected chi connectivity index (χ4v) is 3.36. The van der Waals surface area contributed by atoms with E-state index in [0.29, 0.717) is 12.1 Å². The zero-order valence-electron chi connectivity index (χ0n) is 10.9. The van der Waals surface area contributed by atoms with E-state index in [9.17, 15) is 0 Å². The summed E-state index contributed by atoms with van der Waals surface area (Å²) < 4.78 is 5.70. The molecular weight excluding hydrogens is 220 g/mol. The van der Waals surface area contributed by atoms with Gasteiger partial charge in [0.25, 0.3) is 0 Å². The Kier molecular flexibility index (Phi) is 7.45. The van der Waals surface area contributed by atoms with E-state index in [2.05, 4.69) is 42.9 Å². The quantitative estimate of drug-likeness (QED) is 0.687. The van der Waals surface area contributed by atoms with Crippen LogP contribution < -0.4 is 5.32 Å². The van der Waals surface area contributed by atoms with Crippen LogP contribution in [-0.2, 0) is 4.74 Å². The highest BCUT2D eigenvalue weighted by atomic mass is 32.2. The van der Waals surface area contributed by atoms with Crippen molar-refractivity contribution >= 4 is 11.8 Å². The van der Waals surface area contributed by atoms with Gasteiger partial charge in [0.15, 0.2) is 0 Å². The Morgan fingerprint density at radius 2 is 2.31 bits per heavy atom. The fourth-order valence-electron chi connectivity index (χ4n) is 2.05. The van der Waals surface area contributed by atoms with E-state index in [-0.39, 0.29) is 0 Å². The van der Waals surface area contributed by atoms with Crippen molar-refractivity contribution in [3.8, 4) is 0 Å². The van der Waals surface area contributed by atoms with Gasteiger partial charge in [0.05, 0.1) is 6.61 Å². The molecule has 2 atom stereocenters. The van der Waals surface area contributed by atoms with Crippen LogP contribution in [0.4, 0.5) is 0 Å². The number of likely N-dealkylation sites (N-methyl/N-ethyl adjacent to an activating group) is 2. The molecule has 0 radical (unpaired) electrons. The summed E-state index contributed by atoms with van der Waals surface area (Å²) >= 11 is 2.06. The van der Waals surface area contributed by atoms with E-state index in [1.54, 1.807) is 0 Å². The van der Waals surface area contributed by atoms with Crippen LogP contribution in [0.2, 0.25) is 0 Å². The lowest BCUT2D eigenvalue weighted by Gasteiger charge is -2.38. The van der Waals surface area contributed by atoms with E-state index in [4.69, 9.17) is 4.74 Å². The minimum Gasteiger partial charge on any atom is -0.380 e. The van der Waals surface area contributed by atoms with Crippen LogP contribution in [0.15, 0.2) is 0 Å². The summed E-state index contributed by atoms with van der Waals surface area (Å²) in [6.07, 6.45) is 1.11. The van der Waals surface area contributed by atoms with Crippen LogP contribution in [0.25, 0.3) is 0 Å². The molecule has 1 heterocycles. The van der Waals surface area contributed by atoms with Crippen molar-refractivity contribution in [2.75, 3.05) is 44.9 Å². The fraction of sp³-hybridized carbons (Fsp3) is 1.00. The highest BCUT2D eigenvalue weighted by Gasteiger charge is 2.27. The van der Waals surface area contributed by atoms with Gasteiger partial charge < -0.3 is 15.0 Å². The Labute approximate surface area is 104 Å². The Bertz CT molecular complexity index is 180. The standard InChI is InChI=1S/C12H26N2OS/c1-4-7-15-9-11(13-5-2)12-10-16-8-6-14(12)3/h11-13H,4-10H2,1-3H3. The highest BCUT2D eigenvalue weighted by Crippen LogP contribution is 2.17. The first-order valence-corrected chi connectivity index (χ1v) is 7.54. The van der Waals surface area contributed by atoms with Crippen molar-refractivity contribution in [2.24, 2.45) is 0 Å². The summed E-state index contributed by atoms with van der Waals surface area (Å²) in [5, 5.41) is 3.56. The molecule has 2 unspecified atom stereocenters. The summed E-state index contributed by atoms with van der Waals surface area (Å²) in [6, 6.07) is 1.10. The van der Waals surface area contributed by atoms with E-state index in [1.165, 1.54) is 18.1 Å². The van der Waals surface area contributed by atoms with E-state index in [0.717, 1.165) is 26.2 Å². The van der Waals surface area contributed by atoms with Gasteiger partial charge in [-0.3, -0.25) is 0 Å². The van der Waals surface area contributed by atoms with Crippen LogP contribution in [0.5, 0.6) is 0 Å². The maximum Gasteiger partial charge on any atom is 0.0635 e. The minimum absolute atomic E-state index is 0.481. The molecule has 1 aliphatic heterocycles. The molecule has 1 N–H and O–H groups in total. The zero-order chi connectivity index (χ0) is 11.8. The molecule has 96 valence electrons. The number of hydrogen-bond acceptors (Lipinski definition) is 4. The molecule has 0 saturated carbocycles. The second-order valence-corrected chi connectivity index (χ2v) is 5.51. The van der Waals surface area contributed by atoms with Crippen molar-refractivity contribution in [2.45, 2.75) is 32.4 Å². The van der Waals surface area contributed by atoms with Crippen molar-refractivity contribution < 1.29 is 4.74 Å². The second kappa shape index (κ2) is 8.34. The van der Waals surface area contributed by atoms with Gasteiger partial charge >= 0.3 is 0 Å². The predicted octanol–water partition coefficient (Wildman–Crippen LogP) is 1.44. The van der Waals surface area contributed by atoms with Gasteiger partial charge in [-0.05, 0) is 20.0 Å². The first-order valence-electron chi connectivity index (χ1n) is 6.38. The molecule has 4 heteroatoms. The smallest absolute Gasteiger partial charge is 0.0635 e. The lowest BCUT2D eigenvalue weighted by Crippen LogP contribution is -2.54. The molecule has 1 fully saturated rings. The van der Waals surface area contributed by atoms with Crippen molar-refractivity contribution in [3.63, 3.8) is 0 Å². The zero-order valence-corrected chi connectivity index (χ0v) is 11.7. The van der Waals surface area contributed by atoms with E-state index >= 15 is 0 Å².